The summed E-state index contributed by atoms with van der Waals surface area (Å²) in [7, 11) is 0.357. The first kappa shape index (κ1) is 17.4. The molecule has 0 aromatic rings. The maximum atomic E-state index is 2.41. The Morgan fingerprint density at radius 3 is 1.15 bits per heavy atom. The number of hydrogen-bond donors (Lipinski definition) is 0. The van der Waals surface area contributed by atoms with Gasteiger partial charge in [0.05, 0.1) is 0 Å². The molecule has 3 heteroatoms. The van der Waals surface area contributed by atoms with E-state index in [4.69, 9.17) is 0 Å². The highest BCUT2D eigenvalue weighted by atomic mass is 127. The average molecular weight is 424 g/mol. The summed E-state index contributed by atoms with van der Waals surface area (Å²) in [4.78, 5) is 0. The first-order valence-electron chi connectivity index (χ1n) is 5.45. The van der Waals surface area contributed by atoms with Gasteiger partial charge in [0.15, 0.2) is 0 Å². The molecule has 0 aliphatic heterocycles. The van der Waals surface area contributed by atoms with Gasteiger partial charge in [0, 0.05) is 0 Å². The second-order valence-electron chi connectivity index (χ2n) is 3.22. The summed E-state index contributed by atoms with van der Waals surface area (Å²) < 4.78 is 0. The van der Waals surface area contributed by atoms with Gasteiger partial charge in [-0.05, 0) is 0 Å². The number of rotatable bonds is 7. The van der Waals surface area contributed by atoms with Gasteiger partial charge in [-0.3, -0.25) is 0 Å². The van der Waals surface area contributed by atoms with Crippen molar-refractivity contribution in [3.63, 3.8) is 0 Å². The second kappa shape index (κ2) is 19.5. The van der Waals surface area contributed by atoms with Crippen LogP contribution in [0.5, 0.6) is 0 Å². The molecular formula is C10H23AlI2. The van der Waals surface area contributed by atoms with Gasteiger partial charge in [-0.25, -0.2) is 0 Å². The molecule has 0 nitrogen and oxygen atoms in total. The molecule has 0 atom stereocenters. The maximum absolute atomic E-state index is 2.41. The molecule has 0 aliphatic rings. The van der Waals surface area contributed by atoms with Crippen molar-refractivity contribution in [3.8, 4) is 0 Å². The Balaban J connectivity index is 0. The van der Waals surface area contributed by atoms with E-state index in [-0.39, 0.29) is 0 Å². The Bertz CT molecular complexity index is 61.9. The van der Waals surface area contributed by atoms with Crippen molar-refractivity contribution in [2.24, 2.45) is 0 Å². The number of hydrogen-bond acceptors (Lipinski definition) is 0. The number of unbranched alkanes of at least 4 members (excludes halogenated alkanes) is 7. The van der Waals surface area contributed by atoms with Crippen molar-refractivity contribution in [1.82, 2.24) is 0 Å². The lowest BCUT2D eigenvalue weighted by Crippen LogP contribution is -1.77. The molecule has 0 fully saturated rings. The summed E-state index contributed by atoms with van der Waals surface area (Å²) in [6.07, 6.45) is 11.5. The summed E-state index contributed by atoms with van der Waals surface area (Å²) in [6, 6.07) is 0. The summed E-state index contributed by atoms with van der Waals surface area (Å²) in [5.74, 6) is 0. The van der Waals surface area contributed by atoms with Crippen LogP contribution in [0, 0.1) is 0 Å². The molecule has 0 aromatic heterocycles. The maximum Gasteiger partial charge on any atom is 0.425 e. The minimum Gasteiger partial charge on any atom is -0.197 e. The van der Waals surface area contributed by atoms with Gasteiger partial charge in [-0.1, -0.05) is 65.2 Å². The zero-order valence-corrected chi connectivity index (χ0v) is 14.8. The van der Waals surface area contributed by atoms with Crippen LogP contribution >= 0.6 is 40.5 Å². The largest absolute Gasteiger partial charge is 0.425 e. The Labute approximate surface area is 113 Å². The minimum absolute atomic E-state index is 0.357. The highest BCUT2D eigenvalue weighted by Gasteiger charge is 1.87. The van der Waals surface area contributed by atoms with Crippen molar-refractivity contribution in [2.75, 3.05) is 0 Å². The molecule has 0 aromatic carbocycles. The van der Waals surface area contributed by atoms with Crippen LogP contribution in [0.2, 0.25) is 0 Å². The highest BCUT2D eigenvalue weighted by molar-refractivity contribution is 14.3. The lowest BCUT2D eigenvalue weighted by molar-refractivity contribution is 0.585. The first-order valence-corrected chi connectivity index (χ1v) is 15.7. The van der Waals surface area contributed by atoms with Crippen molar-refractivity contribution in [2.45, 2.75) is 65.2 Å². The van der Waals surface area contributed by atoms with Crippen molar-refractivity contribution in [3.05, 3.63) is 0 Å². The molecule has 0 aliphatic carbocycles. The van der Waals surface area contributed by atoms with Gasteiger partial charge >= 0.3 is 8.65 Å². The molecule has 0 saturated heterocycles. The third-order valence-corrected chi connectivity index (χ3v) is 1.96. The second-order valence-corrected chi connectivity index (χ2v) is 16.8. The van der Waals surface area contributed by atoms with E-state index in [1.165, 1.54) is 51.4 Å². The highest BCUT2D eigenvalue weighted by Crippen LogP contribution is 2.07. The molecule has 0 bridgehead atoms. The third kappa shape index (κ3) is 24.9. The van der Waals surface area contributed by atoms with Crippen LogP contribution in [0.3, 0.4) is 0 Å². The SMILES string of the molecule is CCCCCCCCCC.[I][AlH][I]. The first-order chi connectivity index (χ1) is 6.33. The van der Waals surface area contributed by atoms with E-state index in [1.807, 2.05) is 0 Å². The molecule has 0 amide bonds. The minimum atomic E-state index is 0.357. The molecule has 80 valence electrons. The van der Waals surface area contributed by atoms with E-state index >= 15 is 0 Å². The van der Waals surface area contributed by atoms with Gasteiger partial charge in [0.1, 0.15) is 0 Å². The van der Waals surface area contributed by atoms with Gasteiger partial charge in [0.2, 0.25) is 0 Å². The molecule has 0 radical (unpaired) electrons. The van der Waals surface area contributed by atoms with Crippen molar-refractivity contribution in [1.29, 1.82) is 0 Å². The molecule has 0 spiro atoms. The lowest BCUT2D eigenvalue weighted by atomic mass is 10.1. The van der Waals surface area contributed by atoms with Crippen LogP contribution in [0.4, 0.5) is 0 Å². The standard InChI is InChI=1S/C10H22.Al.2HI.H/c1-3-5-7-9-10-8-6-4-2;;;;/h3-10H2,1-2H3;;2*1H;/q;+2;;;/p-2. The molecule has 0 rings (SSSR count). The Kier molecular flexibility index (Phi) is 26.1. The molecule has 0 N–H and O–H groups in total. The van der Waals surface area contributed by atoms with E-state index < -0.39 is 0 Å². The molecule has 13 heavy (non-hydrogen) atoms. The van der Waals surface area contributed by atoms with Crippen LogP contribution in [-0.4, -0.2) is 8.65 Å². The lowest BCUT2D eigenvalue weighted by Gasteiger charge is -1.97. The van der Waals surface area contributed by atoms with Crippen LogP contribution in [0.25, 0.3) is 0 Å². The third-order valence-electron chi connectivity index (χ3n) is 1.96. The van der Waals surface area contributed by atoms with Crippen LogP contribution in [0.15, 0.2) is 0 Å². The quantitative estimate of drug-likeness (QED) is 0.297. The zero-order valence-electron chi connectivity index (χ0n) is 9.12. The van der Waals surface area contributed by atoms with Gasteiger partial charge in [0.25, 0.3) is 0 Å². The fourth-order valence-corrected chi connectivity index (χ4v) is 1.21. The van der Waals surface area contributed by atoms with Crippen molar-refractivity contribution < 1.29 is 0 Å². The normalized spacial score (nSPS) is 8.92. The number of halogens is 2. The van der Waals surface area contributed by atoms with E-state index in [0.29, 0.717) is 8.65 Å². The molecular weight excluding hydrogens is 401 g/mol. The van der Waals surface area contributed by atoms with E-state index in [1.54, 1.807) is 0 Å². The topological polar surface area (TPSA) is 0 Å². The fourth-order valence-electron chi connectivity index (χ4n) is 1.21. The summed E-state index contributed by atoms with van der Waals surface area (Å²) in [5, 5.41) is 0. The predicted molar refractivity (Wildman–Crippen MR) is 83.5 cm³/mol. The van der Waals surface area contributed by atoms with E-state index in [9.17, 15) is 0 Å². The molecule has 0 saturated carbocycles. The Hall–Kier alpha value is 1.99. The monoisotopic (exact) mass is 424 g/mol. The average Bonchev–Trinajstić information content (AvgIpc) is 2.13. The Morgan fingerprint density at radius 2 is 0.923 bits per heavy atom. The van der Waals surface area contributed by atoms with Gasteiger partial charge < -0.3 is 0 Å². The van der Waals surface area contributed by atoms with Crippen LogP contribution in [-0.2, 0) is 0 Å². The Morgan fingerprint density at radius 1 is 0.692 bits per heavy atom. The van der Waals surface area contributed by atoms with Crippen LogP contribution in [0.1, 0.15) is 65.2 Å². The summed E-state index contributed by atoms with van der Waals surface area (Å²) >= 11 is 4.83. The van der Waals surface area contributed by atoms with Gasteiger partial charge in [-0.2, -0.15) is 40.5 Å². The van der Waals surface area contributed by atoms with Crippen molar-refractivity contribution >= 4 is 49.2 Å². The van der Waals surface area contributed by atoms with Gasteiger partial charge in [-0.15, -0.1) is 0 Å². The summed E-state index contributed by atoms with van der Waals surface area (Å²) in [5.41, 5.74) is 0. The predicted octanol–water partition coefficient (Wildman–Crippen LogP) is 5.27. The smallest absolute Gasteiger partial charge is 0.197 e. The van der Waals surface area contributed by atoms with Crippen LogP contribution < -0.4 is 0 Å². The molecule has 0 heterocycles. The fraction of sp³-hybridized carbons (Fsp3) is 1.00. The summed E-state index contributed by atoms with van der Waals surface area (Å²) in [6.45, 7) is 4.54. The van der Waals surface area contributed by atoms with E-state index in [2.05, 4.69) is 54.4 Å². The zero-order chi connectivity index (χ0) is 10.4. The van der Waals surface area contributed by atoms with E-state index in [0.717, 1.165) is 0 Å². The molecule has 0 unspecified atom stereocenters.